The number of thiophene rings is 1. The van der Waals surface area contributed by atoms with E-state index in [0.29, 0.717) is 13.1 Å². The number of nitrogens with zero attached hydrogens (tertiary/aromatic N) is 2. The topological polar surface area (TPSA) is 66.0 Å². The Kier molecular flexibility index (Phi) is 5.48. The first-order chi connectivity index (χ1) is 14.8. The molecule has 3 aromatic rings. The van der Waals surface area contributed by atoms with Crippen LogP contribution < -0.4 is 10.6 Å². The van der Waals surface area contributed by atoms with E-state index in [1.54, 1.807) is 11.3 Å². The summed E-state index contributed by atoms with van der Waals surface area (Å²) in [5, 5.41) is 7.21. The van der Waals surface area contributed by atoms with E-state index in [1.165, 1.54) is 20.5 Å². The normalized spacial score (nSPS) is 16.0. The van der Waals surface area contributed by atoms with Crippen LogP contribution in [0.25, 0.3) is 20.5 Å². The number of hydrogen-bond acceptors (Lipinski definition) is 5. The fourth-order valence-corrected chi connectivity index (χ4v) is 5.06. The molecule has 0 bridgehead atoms. The zero-order valence-electron chi connectivity index (χ0n) is 16.7. The molecular weight excluding hydrogens is 396 g/mol. The smallest absolute Gasteiger partial charge is 0.319 e. The Balaban J connectivity index is 1.31. The molecule has 2 aliphatic rings. The summed E-state index contributed by atoms with van der Waals surface area (Å²) < 4.78 is 6.62. The third kappa shape index (κ3) is 4.09. The number of benzene rings is 2. The molecule has 0 saturated carbocycles. The molecule has 154 valence electrons. The van der Waals surface area contributed by atoms with Gasteiger partial charge in [-0.1, -0.05) is 18.2 Å². The second-order valence-electron chi connectivity index (χ2n) is 7.54. The lowest BCUT2D eigenvalue weighted by Crippen LogP contribution is -2.42. The quantitative estimate of drug-likeness (QED) is 0.657. The van der Waals surface area contributed by atoms with Crippen molar-refractivity contribution in [1.82, 2.24) is 10.2 Å². The van der Waals surface area contributed by atoms with E-state index in [2.05, 4.69) is 56.9 Å². The highest BCUT2D eigenvalue weighted by Gasteiger charge is 2.17. The van der Waals surface area contributed by atoms with Gasteiger partial charge in [0.15, 0.2) is 0 Å². The van der Waals surface area contributed by atoms with E-state index < -0.39 is 0 Å². The van der Waals surface area contributed by atoms with Crippen LogP contribution in [0.4, 0.5) is 10.5 Å². The number of aliphatic imine (C=N–C) groups is 1. The summed E-state index contributed by atoms with van der Waals surface area (Å²) in [5.41, 5.74) is 4.24. The summed E-state index contributed by atoms with van der Waals surface area (Å²) >= 11 is 1.77. The number of fused-ring (bicyclic) bond motifs is 2. The second kappa shape index (κ2) is 8.55. The highest BCUT2D eigenvalue weighted by Crippen LogP contribution is 2.38. The minimum Gasteiger partial charge on any atom is -0.379 e. The lowest BCUT2D eigenvalue weighted by atomic mass is 10.0. The van der Waals surface area contributed by atoms with E-state index >= 15 is 0 Å². The lowest BCUT2D eigenvalue weighted by molar-refractivity contribution is 0.0388. The number of ether oxygens (including phenoxy) is 1. The summed E-state index contributed by atoms with van der Waals surface area (Å²) in [7, 11) is 0. The zero-order valence-corrected chi connectivity index (χ0v) is 17.5. The first-order valence-corrected chi connectivity index (χ1v) is 11.1. The van der Waals surface area contributed by atoms with E-state index in [1.807, 2.05) is 12.3 Å². The van der Waals surface area contributed by atoms with Crippen LogP contribution >= 0.6 is 11.3 Å². The van der Waals surface area contributed by atoms with E-state index in [4.69, 9.17) is 4.74 Å². The van der Waals surface area contributed by atoms with Gasteiger partial charge in [-0.2, -0.15) is 0 Å². The van der Waals surface area contributed by atoms with Crippen molar-refractivity contribution in [2.75, 3.05) is 44.7 Å². The van der Waals surface area contributed by atoms with Crippen LogP contribution in [-0.2, 0) is 11.3 Å². The molecule has 2 aromatic carbocycles. The fraction of sp³-hybridized carbons (Fsp3) is 0.304. The van der Waals surface area contributed by atoms with Gasteiger partial charge in [-0.15, -0.1) is 11.3 Å². The van der Waals surface area contributed by atoms with Crippen LogP contribution in [0.5, 0.6) is 0 Å². The molecule has 0 atom stereocenters. The van der Waals surface area contributed by atoms with Crippen molar-refractivity contribution in [1.29, 1.82) is 0 Å². The molecule has 0 unspecified atom stereocenters. The molecule has 2 amide bonds. The molecule has 0 radical (unpaired) electrons. The van der Waals surface area contributed by atoms with Crippen molar-refractivity contribution >= 4 is 39.4 Å². The van der Waals surface area contributed by atoms with Gasteiger partial charge in [0, 0.05) is 53.2 Å². The molecule has 2 N–H and O–H groups in total. The summed E-state index contributed by atoms with van der Waals surface area (Å²) in [6.07, 6.45) is 1.90. The van der Waals surface area contributed by atoms with Crippen LogP contribution in [0, 0.1) is 0 Å². The standard InChI is InChI=1S/C23H24N4O2S/c28-23(25-5-6-27-7-9-29-10-8-27)26-18-11-17-14-24-15-20(17)19(13-18)22-12-16-3-1-2-4-21(16)30-22/h1-4,11-14H,5-10,15H2,(H2,25,26,28). The van der Waals surface area contributed by atoms with Crippen molar-refractivity contribution in [3.8, 4) is 10.4 Å². The molecule has 7 heteroatoms. The maximum atomic E-state index is 12.4. The maximum absolute atomic E-state index is 12.4. The Morgan fingerprint density at radius 2 is 2.03 bits per heavy atom. The number of amides is 2. The number of hydrogen-bond donors (Lipinski definition) is 2. The van der Waals surface area contributed by atoms with Gasteiger partial charge in [-0.25, -0.2) is 4.79 Å². The molecule has 5 rings (SSSR count). The second-order valence-corrected chi connectivity index (χ2v) is 8.63. The molecule has 1 saturated heterocycles. The zero-order chi connectivity index (χ0) is 20.3. The van der Waals surface area contributed by atoms with Crippen LogP contribution in [0.15, 0.2) is 47.5 Å². The summed E-state index contributed by atoms with van der Waals surface area (Å²) in [6, 6.07) is 14.5. The number of carbonyl (C=O) groups is 1. The molecular formula is C23H24N4O2S. The van der Waals surface area contributed by atoms with Crippen molar-refractivity contribution in [3.63, 3.8) is 0 Å². The number of anilines is 1. The third-order valence-corrected chi connectivity index (χ3v) is 6.68. The number of carbonyl (C=O) groups excluding carboxylic acids is 1. The average molecular weight is 421 g/mol. The predicted octanol–water partition coefficient (Wildman–Crippen LogP) is 3.95. The first-order valence-electron chi connectivity index (χ1n) is 10.3. The molecule has 2 aliphatic heterocycles. The molecule has 1 fully saturated rings. The Hall–Kier alpha value is -2.74. The van der Waals surface area contributed by atoms with Crippen LogP contribution in [0.1, 0.15) is 11.1 Å². The lowest BCUT2D eigenvalue weighted by Gasteiger charge is -2.26. The largest absolute Gasteiger partial charge is 0.379 e. The van der Waals surface area contributed by atoms with Gasteiger partial charge in [0.05, 0.1) is 19.8 Å². The van der Waals surface area contributed by atoms with Gasteiger partial charge >= 0.3 is 6.03 Å². The van der Waals surface area contributed by atoms with Gasteiger partial charge < -0.3 is 15.4 Å². The fourth-order valence-electron chi connectivity index (χ4n) is 3.96. The molecule has 6 nitrogen and oxygen atoms in total. The molecule has 30 heavy (non-hydrogen) atoms. The number of morpholine rings is 1. The SMILES string of the molecule is O=C(NCCN1CCOCC1)Nc1cc2c(c(-c3cc4ccccc4s3)c1)CN=C2. The Labute approximate surface area is 179 Å². The average Bonchev–Trinajstić information content (AvgIpc) is 3.40. The van der Waals surface area contributed by atoms with Crippen molar-refractivity contribution in [2.45, 2.75) is 6.54 Å². The summed E-state index contributed by atoms with van der Waals surface area (Å²) in [5.74, 6) is 0. The van der Waals surface area contributed by atoms with E-state index in [9.17, 15) is 4.79 Å². The number of nitrogens with one attached hydrogen (secondary N) is 2. The van der Waals surface area contributed by atoms with Gasteiger partial charge in [-0.05, 0) is 40.8 Å². The number of rotatable bonds is 5. The molecule has 0 aliphatic carbocycles. The monoisotopic (exact) mass is 420 g/mol. The number of urea groups is 1. The molecule has 3 heterocycles. The molecule has 1 aromatic heterocycles. The Bertz CT molecular complexity index is 1070. The van der Waals surface area contributed by atoms with Crippen molar-refractivity contribution < 1.29 is 9.53 Å². The Morgan fingerprint density at radius 3 is 2.90 bits per heavy atom. The minimum atomic E-state index is -0.180. The van der Waals surface area contributed by atoms with Crippen LogP contribution in [0.3, 0.4) is 0 Å². The minimum absolute atomic E-state index is 0.180. The van der Waals surface area contributed by atoms with Crippen LogP contribution in [-0.4, -0.2) is 56.5 Å². The van der Waals surface area contributed by atoms with Crippen molar-refractivity contribution in [3.05, 3.63) is 53.6 Å². The van der Waals surface area contributed by atoms with Gasteiger partial charge in [0.2, 0.25) is 0 Å². The highest BCUT2D eigenvalue weighted by atomic mass is 32.1. The van der Waals surface area contributed by atoms with Gasteiger partial charge in [-0.3, -0.25) is 9.89 Å². The van der Waals surface area contributed by atoms with Gasteiger partial charge in [0.25, 0.3) is 0 Å². The highest BCUT2D eigenvalue weighted by molar-refractivity contribution is 7.22. The summed E-state index contributed by atoms with van der Waals surface area (Å²) in [4.78, 5) is 20.4. The summed E-state index contributed by atoms with van der Waals surface area (Å²) in [6.45, 7) is 5.51. The first kappa shape index (κ1) is 19.2. The predicted molar refractivity (Wildman–Crippen MR) is 123 cm³/mol. The van der Waals surface area contributed by atoms with E-state index in [0.717, 1.165) is 49.7 Å². The van der Waals surface area contributed by atoms with Crippen molar-refractivity contribution in [2.24, 2.45) is 4.99 Å². The molecule has 0 spiro atoms. The van der Waals surface area contributed by atoms with Crippen LogP contribution in [0.2, 0.25) is 0 Å². The van der Waals surface area contributed by atoms with E-state index in [-0.39, 0.29) is 6.03 Å². The maximum Gasteiger partial charge on any atom is 0.319 e. The Morgan fingerprint density at radius 1 is 1.17 bits per heavy atom. The van der Waals surface area contributed by atoms with Gasteiger partial charge in [0.1, 0.15) is 0 Å². The third-order valence-electron chi connectivity index (χ3n) is 5.53.